The van der Waals surface area contributed by atoms with E-state index in [1.807, 2.05) is 30.3 Å². The number of carbonyl (C=O) groups is 1. The zero-order valence-electron chi connectivity index (χ0n) is 9.05. The lowest BCUT2D eigenvalue weighted by Crippen LogP contribution is -2.22. The van der Waals surface area contributed by atoms with E-state index in [-0.39, 0.29) is 12.6 Å². The summed E-state index contributed by atoms with van der Waals surface area (Å²) in [6.45, 7) is 2.41. The van der Waals surface area contributed by atoms with Crippen LogP contribution in [-0.4, -0.2) is 31.1 Å². The Morgan fingerprint density at radius 1 is 1.50 bits per heavy atom. The van der Waals surface area contributed by atoms with Crippen LogP contribution in [0.4, 0.5) is 0 Å². The zero-order chi connectivity index (χ0) is 11.4. The number of ether oxygens (including phenoxy) is 2. The van der Waals surface area contributed by atoms with E-state index in [1.54, 1.807) is 6.92 Å². The van der Waals surface area contributed by atoms with Crippen molar-refractivity contribution in [2.75, 3.05) is 13.2 Å². The monoisotopic (exact) mass is 219 g/mol. The molecule has 4 nitrogen and oxygen atoms in total. The number of benzene rings is 1. The summed E-state index contributed by atoms with van der Waals surface area (Å²) in [5.74, 6) is 0.187. The van der Waals surface area contributed by atoms with Gasteiger partial charge < -0.3 is 9.47 Å². The molecule has 1 aromatic carbocycles. The standard InChI is InChI=1S/C12H13NO3/c1-2-15-12(14)10-8-16-11(13-10)9-6-4-3-5-7-9/h3-7,10H,2,8H2,1H3. The van der Waals surface area contributed by atoms with E-state index in [0.29, 0.717) is 12.5 Å². The SMILES string of the molecule is CCOC(=O)C1COC(c2ccccc2)=N1. The van der Waals surface area contributed by atoms with Crippen LogP contribution in [0.1, 0.15) is 12.5 Å². The molecule has 1 aliphatic rings. The van der Waals surface area contributed by atoms with Crippen molar-refractivity contribution < 1.29 is 14.3 Å². The van der Waals surface area contributed by atoms with E-state index in [2.05, 4.69) is 4.99 Å². The van der Waals surface area contributed by atoms with Crippen LogP contribution in [-0.2, 0) is 14.3 Å². The number of hydrogen-bond donors (Lipinski definition) is 0. The molecule has 1 heterocycles. The summed E-state index contributed by atoms with van der Waals surface area (Å²) in [7, 11) is 0. The maximum absolute atomic E-state index is 11.4. The van der Waals surface area contributed by atoms with Crippen LogP contribution in [0.25, 0.3) is 0 Å². The highest BCUT2D eigenvalue weighted by atomic mass is 16.5. The van der Waals surface area contributed by atoms with Crippen LogP contribution in [0.2, 0.25) is 0 Å². The van der Waals surface area contributed by atoms with Crippen LogP contribution in [0.5, 0.6) is 0 Å². The topological polar surface area (TPSA) is 47.9 Å². The molecule has 0 amide bonds. The molecule has 2 rings (SSSR count). The Balaban J connectivity index is 2.09. The van der Waals surface area contributed by atoms with Gasteiger partial charge in [0.1, 0.15) is 6.61 Å². The number of nitrogens with zero attached hydrogens (tertiary/aromatic N) is 1. The maximum Gasteiger partial charge on any atom is 0.334 e. The van der Waals surface area contributed by atoms with Gasteiger partial charge >= 0.3 is 5.97 Å². The van der Waals surface area contributed by atoms with Crippen molar-refractivity contribution in [3.8, 4) is 0 Å². The van der Waals surface area contributed by atoms with Gasteiger partial charge in [-0.05, 0) is 19.1 Å². The van der Waals surface area contributed by atoms with Gasteiger partial charge in [-0.25, -0.2) is 9.79 Å². The number of hydrogen-bond acceptors (Lipinski definition) is 4. The van der Waals surface area contributed by atoms with E-state index >= 15 is 0 Å². The fourth-order valence-corrected chi connectivity index (χ4v) is 1.47. The molecule has 0 radical (unpaired) electrons. The zero-order valence-corrected chi connectivity index (χ0v) is 9.05. The van der Waals surface area contributed by atoms with Crippen LogP contribution >= 0.6 is 0 Å². The van der Waals surface area contributed by atoms with Crippen molar-refractivity contribution in [3.63, 3.8) is 0 Å². The van der Waals surface area contributed by atoms with Gasteiger partial charge in [-0.2, -0.15) is 0 Å². The van der Waals surface area contributed by atoms with Gasteiger partial charge in [-0.1, -0.05) is 18.2 Å². The van der Waals surface area contributed by atoms with E-state index < -0.39 is 6.04 Å². The minimum atomic E-state index is -0.518. The van der Waals surface area contributed by atoms with Gasteiger partial charge in [0.15, 0.2) is 6.04 Å². The first-order valence-electron chi connectivity index (χ1n) is 5.24. The Morgan fingerprint density at radius 2 is 2.25 bits per heavy atom. The largest absolute Gasteiger partial charge is 0.475 e. The molecule has 0 fully saturated rings. The fraction of sp³-hybridized carbons (Fsp3) is 0.333. The molecule has 0 aliphatic carbocycles. The summed E-state index contributed by atoms with van der Waals surface area (Å²) in [6, 6.07) is 8.99. The van der Waals surface area contributed by atoms with Crippen molar-refractivity contribution in [2.45, 2.75) is 13.0 Å². The molecule has 0 spiro atoms. The molecule has 0 N–H and O–H groups in total. The van der Waals surface area contributed by atoms with Gasteiger partial charge in [0.2, 0.25) is 5.90 Å². The first-order valence-corrected chi connectivity index (χ1v) is 5.24. The van der Waals surface area contributed by atoms with Crippen LogP contribution < -0.4 is 0 Å². The predicted molar refractivity (Wildman–Crippen MR) is 59.4 cm³/mol. The molecule has 0 aromatic heterocycles. The Bertz CT molecular complexity index is 400. The van der Waals surface area contributed by atoms with Gasteiger partial charge in [0, 0.05) is 5.56 Å². The fourth-order valence-electron chi connectivity index (χ4n) is 1.47. The first kappa shape index (κ1) is 10.7. The van der Waals surface area contributed by atoms with E-state index in [1.165, 1.54) is 0 Å². The van der Waals surface area contributed by atoms with Crippen molar-refractivity contribution in [2.24, 2.45) is 4.99 Å². The molecular formula is C12H13NO3. The Hall–Kier alpha value is -1.84. The molecule has 0 saturated carbocycles. The summed E-state index contributed by atoms with van der Waals surface area (Å²) in [5.41, 5.74) is 0.884. The van der Waals surface area contributed by atoms with Gasteiger partial charge in [-0.3, -0.25) is 0 Å². The van der Waals surface area contributed by atoms with Gasteiger partial charge in [-0.15, -0.1) is 0 Å². The molecule has 1 aliphatic heterocycles. The lowest BCUT2D eigenvalue weighted by Gasteiger charge is -2.03. The smallest absolute Gasteiger partial charge is 0.334 e. The second-order valence-electron chi connectivity index (χ2n) is 3.38. The summed E-state index contributed by atoms with van der Waals surface area (Å²) in [5, 5.41) is 0. The van der Waals surface area contributed by atoms with Crippen LogP contribution in [0, 0.1) is 0 Å². The van der Waals surface area contributed by atoms with E-state index in [9.17, 15) is 4.79 Å². The third kappa shape index (κ3) is 2.21. The summed E-state index contributed by atoms with van der Waals surface area (Å²) < 4.78 is 10.3. The minimum Gasteiger partial charge on any atom is -0.475 e. The molecule has 16 heavy (non-hydrogen) atoms. The second-order valence-corrected chi connectivity index (χ2v) is 3.38. The third-order valence-electron chi connectivity index (χ3n) is 2.23. The molecule has 4 heteroatoms. The Morgan fingerprint density at radius 3 is 2.94 bits per heavy atom. The third-order valence-corrected chi connectivity index (χ3v) is 2.23. The number of aliphatic imine (C=N–C) groups is 1. The summed E-state index contributed by atoms with van der Waals surface area (Å²) in [6.07, 6.45) is 0. The van der Waals surface area contributed by atoms with Crippen molar-refractivity contribution in [1.29, 1.82) is 0 Å². The first-order chi connectivity index (χ1) is 7.81. The Labute approximate surface area is 93.9 Å². The number of rotatable bonds is 3. The van der Waals surface area contributed by atoms with E-state index in [4.69, 9.17) is 9.47 Å². The average Bonchev–Trinajstić information content (AvgIpc) is 2.80. The van der Waals surface area contributed by atoms with Crippen molar-refractivity contribution in [1.82, 2.24) is 0 Å². The van der Waals surface area contributed by atoms with Gasteiger partial charge in [0.05, 0.1) is 6.61 Å². The van der Waals surface area contributed by atoms with Crippen molar-refractivity contribution >= 4 is 11.9 Å². The lowest BCUT2D eigenvalue weighted by molar-refractivity contribution is -0.144. The second kappa shape index (κ2) is 4.79. The normalized spacial score (nSPS) is 18.8. The molecule has 1 aromatic rings. The summed E-state index contributed by atoms with van der Waals surface area (Å²) >= 11 is 0. The van der Waals surface area contributed by atoms with E-state index in [0.717, 1.165) is 5.56 Å². The molecule has 0 bridgehead atoms. The Kier molecular flexibility index (Phi) is 3.19. The quantitative estimate of drug-likeness (QED) is 0.722. The number of esters is 1. The predicted octanol–water partition coefficient (Wildman–Crippen LogP) is 1.40. The van der Waals surface area contributed by atoms with Crippen molar-refractivity contribution in [3.05, 3.63) is 35.9 Å². The van der Waals surface area contributed by atoms with Crippen LogP contribution in [0.3, 0.4) is 0 Å². The lowest BCUT2D eigenvalue weighted by atomic mass is 10.2. The summed E-state index contributed by atoms with van der Waals surface area (Å²) in [4.78, 5) is 15.6. The van der Waals surface area contributed by atoms with Gasteiger partial charge in [0.25, 0.3) is 0 Å². The number of carbonyl (C=O) groups excluding carboxylic acids is 1. The highest BCUT2D eigenvalue weighted by Gasteiger charge is 2.27. The minimum absolute atomic E-state index is 0.267. The molecule has 84 valence electrons. The highest BCUT2D eigenvalue weighted by molar-refractivity contribution is 5.97. The molecule has 1 unspecified atom stereocenters. The molecule has 1 atom stereocenters. The van der Waals surface area contributed by atoms with Crippen LogP contribution in [0.15, 0.2) is 35.3 Å². The molecule has 0 saturated heterocycles. The average molecular weight is 219 g/mol. The molecular weight excluding hydrogens is 206 g/mol. The maximum atomic E-state index is 11.4. The highest BCUT2D eigenvalue weighted by Crippen LogP contribution is 2.12.